The van der Waals surface area contributed by atoms with Crippen molar-refractivity contribution in [1.29, 1.82) is 0 Å². The molecule has 0 aliphatic rings. The Balaban J connectivity index is 1.59. The molecular weight excluding hydrogens is 402 g/mol. The minimum absolute atomic E-state index is 0.0550. The Labute approximate surface area is 159 Å². The number of aromatic nitrogens is 4. The van der Waals surface area contributed by atoms with Crippen LogP contribution in [0.1, 0.15) is 11.1 Å². The van der Waals surface area contributed by atoms with Crippen LogP contribution in [0.2, 0.25) is 5.02 Å². The van der Waals surface area contributed by atoms with Gasteiger partial charge in [-0.25, -0.2) is 9.49 Å². The Bertz CT molecular complexity index is 1140. The third-order valence-corrected chi connectivity index (χ3v) is 4.35. The molecule has 2 aromatic carbocycles. The lowest BCUT2D eigenvalue weighted by atomic mass is 10.1. The summed E-state index contributed by atoms with van der Waals surface area (Å²) >= 11 is 5.60. The van der Waals surface area contributed by atoms with Crippen molar-refractivity contribution >= 4 is 28.3 Å². The van der Waals surface area contributed by atoms with E-state index in [-0.39, 0.29) is 23.6 Å². The Morgan fingerprint density at radius 1 is 1.14 bits per heavy atom. The molecule has 0 saturated heterocycles. The number of fused-ring (bicyclic) bond motifs is 1. The van der Waals surface area contributed by atoms with E-state index in [9.17, 15) is 17.6 Å². The maximum Gasteiger partial charge on any atom is 0.417 e. The molecule has 0 spiro atoms. The first-order valence-electron chi connectivity index (χ1n) is 7.88. The van der Waals surface area contributed by atoms with Crippen LogP contribution in [-0.2, 0) is 12.7 Å². The van der Waals surface area contributed by atoms with E-state index in [2.05, 4.69) is 25.9 Å². The van der Waals surface area contributed by atoms with Gasteiger partial charge in [0.15, 0.2) is 5.76 Å². The van der Waals surface area contributed by atoms with Gasteiger partial charge in [0.05, 0.1) is 10.6 Å². The summed E-state index contributed by atoms with van der Waals surface area (Å²) in [5, 5.41) is 16.0. The number of benzene rings is 2. The molecule has 0 atom stereocenters. The van der Waals surface area contributed by atoms with Crippen molar-refractivity contribution in [3.8, 4) is 11.6 Å². The monoisotopic (exact) mass is 411 g/mol. The van der Waals surface area contributed by atoms with Crippen LogP contribution < -0.4 is 5.32 Å². The Morgan fingerprint density at radius 3 is 2.68 bits per heavy atom. The first kappa shape index (κ1) is 18.2. The normalized spacial score (nSPS) is 11.9. The second-order valence-electron chi connectivity index (χ2n) is 5.89. The number of nitrogens with zero attached hydrogens (tertiary/aromatic N) is 3. The topological polar surface area (TPSA) is 79.6 Å². The lowest BCUT2D eigenvalue weighted by molar-refractivity contribution is -0.137. The summed E-state index contributed by atoms with van der Waals surface area (Å²) in [5.41, 5.74) is -0.209. The number of anilines is 1. The highest BCUT2D eigenvalue weighted by molar-refractivity contribution is 6.31. The first-order chi connectivity index (χ1) is 13.3. The largest absolute Gasteiger partial charge is 0.453 e. The second-order valence-corrected chi connectivity index (χ2v) is 6.30. The standard InChI is InChI=1S/C17H10ClF4N5O/c18-12-2-1-10(6-11(12)17(20,21)22)23-7-9-5-14-8(3-13(9)19)4-15(28-14)16-24-26-27-25-16/h1-6,23H,7H2,(H,24,25,26,27). The maximum absolute atomic E-state index is 14.4. The van der Waals surface area contributed by atoms with E-state index in [4.69, 9.17) is 16.0 Å². The molecule has 0 amide bonds. The molecule has 0 bridgehead atoms. The van der Waals surface area contributed by atoms with E-state index < -0.39 is 22.6 Å². The lowest BCUT2D eigenvalue weighted by Gasteiger charge is -2.12. The highest BCUT2D eigenvalue weighted by Crippen LogP contribution is 2.36. The number of H-pyrrole nitrogens is 1. The van der Waals surface area contributed by atoms with Crippen LogP contribution in [0.4, 0.5) is 23.2 Å². The van der Waals surface area contributed by atoms with Gasteiger partial charge in [-0.05, 0) is 46.8 Å². The quantitative estimate of drug-likeness (QED) is 0.460. The van der Waals surface area contributed by atoms with Gasteiger partial charge in [-0.15, -0.1) is 5.10 Å². The van der Waals surface area contributed by atoms with Crippen molar-refractivity contribution in [2.45, 2.75) is 12.7 Å². The van der Waals surface area contributed by atoms with Crippen molar-refractivity contribution < 1.29 is 22.0 Å². The van der Waals surface area contributed by atoms with Crippen molar-refractivity contribution in [2.75, 3.05) is 5.32 Å². The summed E-state index contributed by atoms with van der Waals surface area (Å²) in [6, 6.07) is 7.71. The number of tetrazole rings is 1. The van der Waals surface area contributed by atoms with Gasteiger partial charge in [-0.1, -0.05) is 11.6 Å². The average Bonchev–Trinajstić information content (AvgIpc) is 3.29. The van der Waals surface area contributed by atoms with E-state index in [0.29, 0.717) is 16.7 Å². The molecule has 0 saturated carbocycles. The number of alkyl halides is 3. The SMILES string of the molecule is Fc1cc2cc(-c3nnn[nH]3)oc2cc1CNc1ccc(Cl)c(C(F)(F)F)c1. The number of hydrogen-bond acceptors (Lipinski definition) is 5. The number of hydrogen-bond donors (Lipinski definition) is 2. The van der Waals surface area contributed by atoms with Crippen LogP contribution in [0.15, 0.2) is 40.8 Å². The molecule has 0 fully saturated rings. The van der Waals surface area contributed by atoms with Gasteiger partial charge < -0.3 is 9.73 Å². The molecule has 2 aromatic heterocycles. The van der Waals surface area contributed by atoms with E-state index in [1.54, 1.807) is 6.07 Å². The zero-order valence-corrected chi connectivity index (χ0v) is 14.6. The van der Waals surface area contributed by atoms with Gasteiger partial charge in [0.1, 0.15) is 11.4 Å². The fourth-order valence-electron chi connectivity index (χ4n) is 2.67. The summed E-state index contributed by atoms with van der Waals surface area (Å²) in [6.07, 6.45) is -4.58. The molecule has 11 heteroatoms. The molecule has 0 aliphatic carbocycles. The van der Waals surface area contributed by atoms with E-state index >= 15 is 0 Å². The van der Waals surface area contributed by atoms with E-state index in [0.717, 1.165) is 12.1 Å². The summed E-state index contributed by atoms with van der Waals surface area (Å²) in [7, 11) is 0. The van der Waals surface area contributed by atoms with Crippen molar-refractivity contribution in [3.05, 3.63) is 58.4 Å². The van der Waals surface area contributed by atoms with Crippen LogP contribution in [-0.4, -0.2) is 20.6 Å². The summed E-state index contributed by atoms with van der Waals surface area (Å²) in [4.78, 5) is 0. The van der Waals surface area contributed by atoms with E-state index in [1.165, 1.54) is 18.2 Å². The first-order valence-corrected chi connectivity index (χ1v) is 8.26. The lowest BCUT2D eigenvalue weighted by Crippen LogP contribution is -2.08. The van der Waals surface area contributed by atoms with Gasteiger partial charge in [0.2, 0.25) is 5.82 Å². The smallest absolute Gasteiger partial charge is 0.417 e. The molecule has 28 heavy (non-hydrogen) atoms. The molecule has 2 N–H and O–H groups in total. The predicted octanol–water partition coefficient (Wildman–Crippen LogP) is 5.04. The van der Waals surface area contributed by atoms with Gasteiger partial charge >= 0.3 is 6.18 Å². The van der Waals surface area contributed by atoms with Crippen LogP contribution >= 0.6 is 11.6 Å². The molecule has 0 radical (unpaired) electrons. The number of furan rings is 1. The maximum atomic E-state index is 14.4. The predicted molar refractivity (Wildman–Crippen MR) is 93.1 cm³/mol. The molecule has 0 aliphatic heterocycles. The number of rotatable bonds is 4. The molecule has 144 valence electrons. The molecule has 0 unspecified atom stereocenters. The number of aromatic amines is 1. The van der Waals surface area contributed by atoms with Crippen molar-refractivity contribution in [2.24, 2.45) is 0 Å². The minimum Gasteiger partial charge on any atom is -0.453 e. The van der Waals surface area contributed by atoms with Crippen LogP contribution in [0.3, 0.4) is 0 Å². The number of halogens is 5. The molecule has 6 nitrogen and oxygen atoms in total. The van der Waals surface area contributed by atoms with Crippen molar-refractivity contribution in [1.82, 2.24) is 20.6 Å². The summed E-state index contributed by atoms with van der Waals surface area (Å²) in [6.45, 7) is -0.0550. The van der Waals surface area contributed by atoms with Crippen LogP contribution in [0, 0.1) is 5.82 Å². The summed E-state index contributed by atoms with van der Waals surface area (Å²) < 4.78 is 58.8. The second kappa shape index (κ2) is 6.79. The fourth-order valence-corrected chi connectivity index (χ4v) is 2.89. The Hall–Kier alpha value is -3.14. The minimum atomic E-state index is -4.58. The van der Waals surface area contributed by atoms with Crippen LogP contribution in [0.5, 0.6) is 0 Å². The van der Waals surface area contributed by atoms with Crippen LogP contribution in [0.25, 0.3) is 22.6 Å². The zero-order valence-electron chi connectivity index (χ0n) is 13.8. The highest BCUT2D eigenvalue weighted by Gasteiger charge is 2.33. The third-order valence-electron chi connectivity index (χ3n) is 4.02. The number of nitrogens with one attached hydrogen (secondary N) is 2. The van der Waals surface area contributed by atoms with Crippen molar-refractivity contribution in [3.63, 3.8) is 0 Å². The third kappa shape index (κ3) is 3.50. The van der Waals surface area contributed by atoms with Gasteiger partial charge in [0.25, 0.3) is 0 Å². The van der Waals surface area contributed by atoms with Gasteiger partial charge in [0, 0.05) is 23.2 Å². The Morgan fingerprint density at radius 2 is 1.96 bits per heavy atom. The molecule has 4 rings (SSSR count). The fraction of sp³-hybridized carbons (Fsp3) is 0.118. The molecule has 4 aromatic rings. The summed E-state index contributed by atoms with van der Waals surface area (Å²) in [5.74, 6) is 0.0854. The van der Waals surface area contributed by atoms with E-state index in [1.807, 2.05) is 0 Å². The highest BCUT2D eigenvalue weighted by atomic mass is 35.5. The Kier molecular flexibility index (Phi) is 4.42. The molecular formula is C17H10ClF4N5O. The molecule has 2 heterocycles. The zero-order chi connectivity index (χ0) is 19.9. The van der Waals surface area contributed by atoms with Gasteiger partial charge in [-0.3, -0.25) is 0 Å². The van der Waals surface area contributed by atoms with Gasteiger partial charge in [-0.2, -0.15) is 13.2 Å². The average molecular weight is 412 g/mol.